The van der Waals surface area contributed by atoms with Crippen molar-refractivity contribution in [1.29, 1.82) is 0 Å². The number of benzene rings is 1. The molecule has 0 bridgehead atoms. The molecule has 0 spiro atoms. The van der Waals surface area contributed by atoms with E-state index in [1.165, 1.54) is 34.9 Å². The summed E-state index contributed by atoms with van der Waals surface area (Å²) in [6.07, 6.45) is 3.79. The highest BCUT2D eigenvalue weighted by atomic mass is 79.9. The van der Waals surface area contributed by atoms with E-state index in [1.807, 2.05) is 0 Å². The van der Waals surface area contributed by atoms with Gasteiger partial charge in [0.15, 0.2) is 0 Å². The lowest BCUT2D eigenvalue weighted by atomic mass is 9.92. The van der Waals surface area contributed by atoms with Crippen molar-refractivity contribution in [3.8, 4) is 0 Å². The van der Waals surface area contributed by atoms with Gasteiger partial charge in [-0.2, -0.15) is 0 Å². The van der Waals surface area contributed by atoms with Gasteiger partial charge in [0, 0.05) is 10.5 Å². The van der Waals surface area contributed by atoms with Crippen molar-refractivity contribution in [2.24, 2.45) is 5.92 Å². The molecule has 0 fully saturated rings. The Morgan fingerprint density at radius 1 is 1.29 bits per heavy atom. The molecule has 2 heteroatoms. The third-order valence-electron chi connectivity index (χ3n) is 3.23. The van der Waals surface area contributed by atoms with E-state index >= 15 is 0 Å². The topological polar surface area (TPSA) is 12.0 Å². The van der Waals surface area contributed by atoms with Gasteiger partial charge in [0.2, 0.25) is 0 Å². The minimum Gasteiger partial charge on any atom is -0.313 e. The molecule has 1 N–H and O–H groups in total. The number of halogens is 1. The molecule has 0 aromatic heterocycles. The molecular formula is C15H24BrN. The third kappa shape index (κ3) is 4.81. The minimum absolute atomic E-state index is 0.466. The fourth-order valence-electron chi connectivity index (χ4n) is 2.40. The van der Waals surface area contributed by atoms with Crippen molar-refractivity contribution in [1.82, 2.24) is 5.32 Å². The van der Waals surface area contributed by atoms with E-state index in [2.05, 4.69) is 67.3 Å². The Kier molecular flexibility index (Phi) is 6.21. The van der Waals surface area contributed by atoms with Gasteiger partial charge in [-0.15, -0.1) is 0 Å². The summed E-state index contributed by atoms with van der Waals surface area (Å²) in [5.74, 6) is 0.775. The fourth-order valence-corrected chi connectivity index (χ4v) is 3.02. The van der Waals surface area contributed by atoms with Crippen molar-refractivity contribution in [3.05, 3.63) is 33.8 Å². The smallest absolute Gasteiger partial charge is 0.0320 e. The summed E-state index contributed by atoms with van der Waals surface area (Å²) in [6, 6.07) is 7.14. The fraction of sp³-hybridized carbons (Fsp3) is 0.600. The molecule has 0 amide bonds. The molecule has 0 aliphatic rings. The highest BCUT2D eigenvalue weighted by Gasteiger charge is 2.13. The molecule has 1 rings (SSSR count). The maximum atomic E-state index is 3.58. The molecule has 2 unspecified atom stereocenters. The standard InChI is InChI=1S/C15H24BrN/c1-5-6-11(2)9-15(17-4)13-7-12(3)8-14(16)10-13/h7-8,10-11,15,17H,5-6,9H2,1-4H3. The van der Waals surface area contributed by atoms with Crippen LogP contribution < -0.4 is 5.32 Å². The Labute approximate surface area is 114 Å². The first-order valence-electron chi connectivity index (χ1n) is 6.51. The summed E-state index contributed by atoms with van der Waals surface area (Å²) in [6.45, 7) is 6.75. The second-order valence-corrected chi connectivity index (χ2v) is 5.95. The van der Waals surface area contributed by atoms with Crippen LogP contribution in [-0.4, -0.2) is 7.05 Å². The predicted octanol–water partition coefficient (Wildman–Crippen LogP) is 4.84. The Hall–Kier alpha value is -0.340. The number of rotatable bonds is 6. The van der Waals surface area contributed by atoms with Crippen LogP contribution in [0.25, 0.3) is 0 Å². The van der Waals surface area contributed by atoms with E-state index in [4.69, 9.17) is 0 Å². The van der Waals surface area contributed by atoms with Crippen molar-refractivity contribution in [2.45, 2.75) is 46.1 Å². The average Bonchev–Trinajstić information content (AvgIpc) is 2.24. The first-order chi connectivity index (χ1) is 8.06. The summed E-state index contributed by atoms with van der Waals surface area (Å²) < 4.78 is 1.18. The normalized spacial score (nSPS) is 14.6. The number of nitrogens with one attached hydrogen (secondary N) is 1. The number of hydrogen-bond donors (Lipinski definition) is 1. The van der Waals surface area contributed by atoms with E-state index < -0.39 is 0 Å². The second kappa shape index (κ2) is 7.17. The monoisotopic (exact) mass is 297 g/mol. The Morgan fingerprint density at radius 3 is 2.53 bits per heavy atom. The Bertz CT molecular complexity index is 329. The molecule has 1 aromatic carbocycles. The van der Waals surface area contributed by atoms with Crippen molar-refractivity contribution >= 4 is 15.9 Å². The zero-order chi connectivity index (χ0) is 12.8. The van der Waals surface area contributed by atoms with Gasteiger partial charge < -0.3 is 5.32 Å². The van der Waals surface area contributed by atoms with Gasteiger partial charge in [-0.25, -0.2) is 0 Å². The highest BCUT2D eigenvalue weighted by Crippen LogP contribution is 2.26. The number of hydrogen-bond acceptors (Lipinski definition) is 1. The van der Waals surface area contributed by atoms with Gasteiger partial charge in [-0.05, 0) is 49.6 Å². The molecule has 96 valence electrons. The first kappa shape index (κ1) is 14.7. The summed E-state index contributed by atoms with van der Waals surface area (Å²) in [5, 5.41) is 3.44. The Balaban J connectivity index is 2.78. The van der Waals surface area contributed by atoms with Gasteiger partial charge in [0.05, 0.1) is 0 Å². The molecule has 0 radical (unpaired) electrons. The first-order valence-corrected chi connectivity index (χ1v) is 7.30. The lowest BCUT2D eigenvalue weighted by molar-refractivity contribution is 0.407. The summed E-state index contributed by atoms with van der Waals surface area (Å²) >= 11 is 3.58. The lowest BCUT2D eigenvalue weighted by Gasteiger charge is -2.21. The second-order valence-electron chi connectivity index (χ2n) is 5.03. The van der Waals surface area contributed by atoms with Crippen LogP contribution in [0.4, 0.5) is 0 Å². The summed E-state index contributed by atoms with van der Waals surface area (Å²) in [5.41, 5.74) is 2.71. The molecule has 17 heavy (non-hydrogen) atoms. The molecule has 0 heterocycles. The lowest BCUT2D eigenvalue weighted by Crippen LogP contribution is -2.19. The van der Waals surface area contributed by atoms with Crippen LogP contribution in [0.3, 0.4) is 0 Å². The maximum Gasteiger partial charge on any atom is 0.0320 e. The molecule has 1 aromatic rings. The van der Waals surface area contributed by atoms with Crippen molar-refractivity contribution in [3.63, 3.8) is 0 Å². The molecule has 1 nitrogen and oxygen atoms in total. The van der Waals surface area contributed by atoms with Crippen LogP contribution in [-0.2, 0) is 0 Å². The van der Waals surface area contributed by atoms with Crippen LogP contribution in [0.2, 0.25) is 0 Å². The summed E-state index contributed by atoms with van der Waals surface area (Å²) in [4.78, 5) is 0. The minimum atomic E-state index is 0.466. The van der Waals surface area contributed by atoms with Crippen molar-refractivity contribution < 1.29 is 0 Å². The average molecular weight is 298 g/mol. The van der Waals surface area contributed by atoms with E-state index in [0.717, 1.165) is 5.92 Å². The van der Waals surface area contributed by atoms with E-state index in [9.17, 15) is 0 Å². The van der Waals surface area contributed by atoms with E-state index in [-0.39, 0.29) is 0 Å². The zero-order valence-electron chi connectivity index (χ0n) is 11.4. The van der Waals surface area contributed by atoms with Gasteiger partial charge in [-0.1, -0.05) is 48.7 Å². The van der Waals surface area contributed by atoms with Crippen LogP contribution >= 0.6 is 15.9 Å². The molecule has 2 atom stereocenters. The molecule has 0 aliphatic heterocycles. The quantitative estimate of drug-likeness (QED) is 0.792. The van der Waals surface area contributed by atoms with Crippen LogP contribution in [0.1, 0.15) is 50.3 Å². The molecule has 0 aliphatic carbocycles. The van der Waals surface area contributed by atoms with Crippen LogP contribution in [0, 0.1) is 12.8 Å². The Morgan fingerprint density at radius 2 is 2.00 bits per heavy atom. The largest absolute Gasteiger partial charge is 0.313 e. The van der Waals surface area contributed by atoms with Crippen LogP contribution in [0.15, 0.2) is 22.7 Å². The molecule has 0 saturated carbocycles. The van der Waals surface area contributed by atoms with Crippen molar-refractivity contribution in [2.75, 3.05) is 7.05 Å². The van der Waals surface area contributed by atoms with Gasteiger partial charge in [0.25, 0.3) is 0 Å². The van der Waals surface area contributed by atoms with Gasteiger partial charge >= 0.3 is 0 Å². The SMILES string of the molecule is CCCC(C)CC(NC)c1cc(C)cc(Br)c1. The maximum absolute atomic E-state index is 3.58. The summed E-state index contributed by atoms with van der Waals surface area (Å²) in [7, 11) is 2.06. The van der Waals surface area contributed by atoms with Gasteiger partial charge in [-0.3, -0.25) is 0 Å². The van der Waals surface area contributed by atoms with E-state index in [1.54, 1.807) is 0 Å². The number of aryl methyl sites for hydroxylation is 1. The molecular weight excluding hydrogens is 274 g/mol. The zero-order valence-corrected chi connectivity index (χ0v) is 13.0. The van der Waals surface area contributed by atoms with Crippen LogP contribution in [0.5, 0.6) is 0 Å². The predicted molar refractivity (Wildman–Crippen MR) is 79.4 cm³/mol. The third-order valence-corrected chi connectivity index (χ3v) is 3.69. The highest BCUT2D eigenvalue weighted by molar-refractivity contribution is 9.10. The van der Waals surface area contributed by atoms with Gasteiger partial charge in [0.1, 0.15) is 0 Å². The van der Waals surface area contributed by atoms with E-state index in [0.29, 0.717) is 6.04 Å². The molecule has 0 saturated heterocycles.